The molecular formula is C18H22N4O3. The number of hydrogen-bond donors (Lipinski definition) is 2. The lowest BCUT2D eigenvalue weighted by Crippen LogP contribution is -2.46. The summed E-state index contributed by atoms with van der Waals surface area (Å²) in [5, 5.41) is 6.96. The summed E-state index contributed by atoms with van der Waals surface area (Å²) in [6.45, 7) is 3.79. The Morgan fingerprint density at radius 2 is 1.84 bits per heavy atom. The fraction of sp³-hybridized carbons (Fsp3) is 0.333. The van der Waals surface area contributed by atoms with Crippen LogP contribution in [0.25, 0.3) is 11.3 Å². The van der Waals surface area contributed by atoms with E-state index in [0.29, 0.717) is 17.7 Å². The van der Waals surface area contributed by atoms with Gasteiger partial charge in [0.15, 0.2) is 0 Å². The Morgan fingerprint density at radius 1 is 1.20 bits per heavy atom. The highest BCUT2D eigenvalue weighted by molar-refractivity contribution is 6.38. The van der Waals surface area contributed by atoms with Crippen molar-refractivity contribution in [3.05, 3.63) is 42.1 Å². The molecule has 0 saturated heterocycles. The SMILES string of the molecule is CC(C)C[C@H](NC(=O)c1cn(C)nc1-c1ccccc1)C(=O)C(N)=O. The van der Waals surface area contributed by atoms with Crippen molar-refractivity contribution in [2.24, 2.45) is 18.7 Å². The first-order valence-corrected chi connectivity index (χ1v) is 8.03. The molecule has 2 amide bonds. The van der Waals surface area contributed by atoms with Crippen molar-refractivity contribution in [3.8, 4) is 11.3 Å². The molecule has 0 saturated carbocycles. The lowest BCUT2D eigenvalue weighted by molar-refractivity contribution is -0.137. The van der Waals surface area contributed by atoms with Crippen LogP contribution in [0.5, 0.6) is 0 Å². The number of nitrogens with two attached hydrogens (primary N) is 1. The molecule has 0 aliphatic carbocycles. The molecule has 0 unspecified atom stereocenters. The second-order valence-corrected chi connectivity index (χ2v) is 6.32. The van der Waals surface area contributed by atoms with Gasteiger partial charge in [0, 0.05) is 18.8 Å². The number of rotatable bonds is 7. The number of ketones is 1. The van der Waals surface area contributed by atoms with E-state index in [2.05, 4.69) is 10.4 Å². The quantitative estimate of drug-likeness (QED) is 0.739. The molecule has 0 aliphatic rings. The van der Waals surface area contributed by atoms with Crippen LogP contribution >= 0.6 is 0 Å². The standard InChI is InChI=1S/C18H22N4O3/c1-11(2)9-14(16(23)17(19)24)20-18(25)13-10-22(3)21-15(13)12-7-5-4-6-8-12/h4-8,10-11,14H,9H2,1-3H3,(H2,19,24)(H,20,25)/t14-/m0/s1. The van der Waals surface area contributed by atoms with Crippen LogP contribution < -0.4 is 11.1 Å². The summed E-state index contributed by atoms with van der Waals surface area (Å²) in [6, 6.07) is 8.32. The number of benzene rings is 1. The minimum Gasteiger partial charge on any atom is -0.363 e. The van der Waals surface area contributed by atoms with Gasteiger partial charge in [-0.1, -0.05) is 44.2 Å². The van der Waals surface area contributed by atoms with Crippen molar-refractivity contribution in [2.75, 3.05) is 0 Å². The van der Waals surface area contributed by atoms with Crippen molar-refractivity contribution in [2.45, 2.75) is 26.3 Å². The number of aryl methyl sites for hydroxylation is 1. The monoisotopic (exact) mass is 342 g/mol. The predicted molar refractivity (Wildman–Crippen MR) is 93.6 cm³/mol. The maximum Gasteiger partial charge on any atom is 0.287 e. The maximum atomic E-state index is 12.7. The van der Waals surface area contributed by atoms with Gasteiger partial charge in [0.25, 0.3) is 11.8 Å². The first-order chi connectivity index (χ1) is 11.8. The number of aromatic nitrogens is 2. The van der Waals surface area contributed by atoms with Gasteiger partial charge >= 0.3 is 0 Å². The van der Waals surface area contributed by atoms with Crippen molar-refractivity contribution >= 4 is 17.6 Å². The molecule has 0 radical (unpaired) electrons. The molecule has 7 heteroatoms. The van der Waals surface area contributed by atoms with Gasteiger partial charge in [0.1, 0.15) is 5.69 Å². The Morgan fingerprint density at radius 3 is 2.40 bits per heavy atom. The third kappa shape index (κ3) is 4.53. The third-order valence-corrected chi connectivity index (χ3v) is 3.69. The zero-order valence-electron chi connectivity index (χ0n) is 14.5. The summed E-state index contributed by atoms with van der Waals surface area (Å²) >= 11 is 0. The smallest absolute Gasteiger partial charge is 0.287 e. The third-order valence-electron chi connectivity index (χ3n) is 3.69. The van der Waals surface area contributed by atoms with Crippen LogP contribution in [0.4, 0.5) is 0 Å². The molecule has 25 heavy (non-hydrogen) atoms. The number of carbonyl (C=O) groups is 3. The van der Waals surface area contributed by atoms with E-state index in [1.54, 1.807) is 13.2 Å². The number of carbonyl (C=O) groups excluding carboxylic acids is 3. The summed E-state index contributed by atoms with van der Waals surface area (Å²) in [7, 11) is 1.71. The van der Waals surface area contributed by atoms with Gasteiger partial charge in [-0.25, -0.2) is 0 Å². The molecule has 1 atom stereocenters. The molecule has 0 aliphatic heterocycles. The van der Waals surface area contributed by atoms with Gasteiger partial charge in [-0.05, 0) is 12.3 Å². The van der Waals surface area contributed by atoms with Crippen LogP contribution in [-0.2, 0) is 16.6 Å². The minimum absolute atomic E-state index is 0.107. The Kier molecular flexibility index (Phi) is 5.69. The van der Waals surface area contributed by atoms with E-state index in [0.717, 1.165) is 5.56 Å². The first-order valence-electron chi connectivity index (χ1n) is 8.03. The summed E-state index contributed by atoms with van der Waals surface area (Å²) < 4.78 is 1.53. The molecule has 0 spiro atoms. The number of Topliss-reactive ketones (excluding diaryl/α,β-unsaturated/α-hetero) is 1. The Hall–Kier alpha value is -2.96. The zero-order valence-corrected chi connectivity index (χ0v) is 14.5. The largest absolute Gasteiger partial charge is 0.363 e. The zero-order chi connectivity index (χ0) is 18.6. The lowest BCUT2D eigenvalue weighted by atomic mass is 9.99. The number of primary amides is 1. The molecule has 0 fully saturated rings. The fourth-order valence-corrected chi connectivity index (χ4v) is 2.57. The minimum atomic E-state index is -1.06. The van der Waals surface area contributed by atoms with Crippen LogP contribution in [-0.4, -0.2) is 33.4 Å². The number of hydrogen-bond acceptors (Lipinski definition) is 4. The van der Waals surface area contributed by atoms with Crippen LogP contribution in [0, 0.1) is 5.92 Å². The Bertz CT molecular complexity index is 781. The molecule has 3 N–H and O–H groups in total. The fourth-order valence-electron chi connectivity index (χ4n) is 2.57. The summed E-state index contributed by atoms with van der Waals surface area (Å²) in [4.78, 5) is 35.9. The van der Waals surface area contributed by atoms with E-state index in [1.807, 2.05) is 44.2 Å². The molecule has 1 aromatic carbocycles. The van der Waals surface area contributed by atoms with E-state index in [9.17, 15) is 14.4 Å². The molecular weight excluding hydrogens is 320 g/mol. The Balaban J connectivity index is 2.30. The van der Waals surface area contributed by atoms with Crippen LogP contribution in [0.2, 0.25) is 0 Å². The van der Waals surface area contributed by atoms with Crippen LogP contribution in [0.3, 0.4) is 0 Å². The number of nitrogens with zero attached hydrogens (tertiary/aromatic N) is 2. The molecule has 2 rings (SSSR count). The first kappa shape index (κ1) is 18.4. The summed E-state index contributed by atoms with van der Waals surface area (Å²) in [5.41, 5.74) is 6.73. The lowest BCUT2D eigenvalue weighted by Gasteiger charge is -2.18. The van der Waals surface area contributed by atoms with Crippen molar-refractivity contribution in [1.29, 1.82) is 0 Å². The highest BCUT2D eigenvalue weighted by atomic mass is 16.2. The molecule has 132 valence electrons. The van der Waals surface area contributed by atoms with Gasteiger partial charge in [-0.2, -0.15) is 5.10 Å². The van der Waals surface area contributed by atoms with Crippen LogP contribution in [0.15, 0.2) is 36.5 Å². The summed E-state index contributed by atoms with van der Waals surface area (Å²) in [6.07, 6.45) is 1.91. The molecule has 0 bridgehead atoms. The van der Waals surface area contributed by atoms with E-state index in [1.165, 1.54) is 4.68 Å². The topological polar surface area (TPSA) is 107 Å². The maximum absolute atomic E-state index is 12.7. The highest BCUT2D eigenvalue weighted by Crippen LogP contribution is 2.21. The second-order valence-electron chi connectivity index (χ2n) is 6.32. The summed E-state index contributed by atoms with van der Waals surface area (Å²) in [5.74, 6) is -2.21. The number of amides is 2. The predicted octanol–water partition coefficient (Wildman–Crippen LogP) is 1.29. The number of nitrogens with one attached hydrogen (secondary N) is 1. The molecule has 1 aromatic heterocycles. The van der Waals surface area contributed by atoms with Crippen molar-refractivity contribution < 1.29 is 14.4 Å². The second kappa shape index (κ2) is 7.74. The van der Waals surface area contributed by atoms with Gasteiger partial charge in [0.2, 0.25) is 5.78 Å². The average Bonchev–Trinajstić information content (AvgIpc) is 2.95. The average molecular weight is 342 g/mol. The molecule has 7 nitrogen and oxygen atoms in total. The highest BCUT2D eigenvalue weighted by Gasteiger charge is 2.28. The molecule has 2 aromatic rings. The van der Waals surface area contributed by atoms with E-state index >= 15 is 0 Å². The van der Waals surface area contributed by atoms with Crippen molar-refractivity contribution in [3.63, 3.8) is 0 Å². The van der Waals surface area contributed by atoms with E-state index in [-0.39, 0.29) is 5.92 Å². The van der Waals surface area contributed by atoms with Gasteiger partial charge < -0.3 is 11.1 Å². The Labute approximate surface area is 146 Å². The van der Waals surface area contributed by atoms with E-state index < -0.39 is 23.6 Å². The normalized spacial score (nSPS) is 12.0. The van der Waals surface area contributed by atoms with Gasteiger partial charge in [-0.15, -0.1) is 0 Å². The van der Waals surface area contributed by atoms with Gasteiger partial charge in [-0.3, -0.25) is 19.1 Å². The van der Waals surface area contributed by atoms with E-state index in [4.69, 9.17) is 5.73 Å². The van der Waals surface area contributed by atoms with Crippen LogP contribution in [0.1, 0.15) is 30.6 Å². The van der Waals surface area contributed by atoms with Crippen molar-refractivity contribution in [1.82, 2.24) is 15.1 Å². The van der Waals surface area contributed by atoms with Gasteiger partial charge in [0.05, 0.1) is 11.6 Å². The molecule has 1 heterocycles.